The topological polar surface area (TPSA) is 17.1 Å². The van der Waals surface area contributed by atoms with Gasteiger partial charge in [-0.1, -0.05) is 31.6 Å². The predicted octanol–water partition coefficient (Wildman–Crippen LogP) is 5.85. The first-order valence-electron chi connectivity index (χ1n) is 7.76. The Kier molecular flexibility index (Phi) is 6.20. The lowest BCUT2D eigenvalue weighted by Gasteiger charge is -2.33. The fraction of sp³-hybridized carbons (Fsp3) is 0.526. The van der Waals surface area contributed by atoms with E-state index >= 15 is 0 Å². The van der Waals surface area contributed by atoms with E-state index in [9.17, 15) is 18.0 Å². The van der Waals surface area contributed by atoms with Gasteiger partial charge in [-0.2, -0.15) is 13.2 Å². The van der Waals surface area contributed by atoms with E-state index < -0.39 is 17.2 Å². The molecular formula is C19H25F3O. The number of carbonyl (C=O) groups excluding carboxylic acids is 1. The molecule has 0 saturated carbocycles. The third-order valence-electron chi connectivity index (χ3n) is 4.18. The number of alkyl halides is 3. The summed E-state index contributed by atoms with van der Waals surface area (Å²) in [5, 5.41) is 0. The average molecular weight is 326 g/mol. The number of hydrogen-bond donors (Lipinski definition) is 0. The summed E-state index contributed by atoms with van der Waals surface area (Å²) in [4.78, 5) is 11.1. The van der Waals surface area contributed by atoms with E-state index in [1.54, 1.807) is 6.92 Å². The number of halogens is 3. The van der Waals surface area contributed by atoms with E-state index in [1.807, 2.05) is 33.8 Å². The monoisotopic (exact) mass is 326 g/mol. The first-order valence-corrected chi connectivity index (χ1v) is 7.76. The van der Waals surface area contributed by atoms with Crippen molar-refractivity contribution in [3.05, 3.63) is 46.5 Å². The van der Waals surface area contributed by atoms with Crippen molar-refractivity contribution in [1.82, 2.24) is 0 Å². The number of carbonyl (C=O) groups is 1. The first-order chi connectivity index (χ1) is 10.5. The Morgan fingerprint density at radius 3 is 2.35 bits per heavy atom. The van der Waals surface area contributed by atoms with Crippen LogP contribution in [-0.4, -0.2) is 6.29 Å². The normalized spacial score (nSPS) is 15.7. The van der Waals surface area contributed by atoms with Gasteiger partial charge in [0.1, 0.15) is 6.29 Å². The number of rotatable bonds is 6. The molecule has 0 aliphatic rings. The second-order valence-electron chi connectivity index (χ2n) is 6.89. The molecule has 0 spiro atoms. The summed E-state index contributed by atoms with van der Waals surface area (Å²) in [6.45, 7) is 9.48. The van der Waals surface area contributed by atoms with Gasteiger partial charge in [-0.3, -0.25) is 0 Å². The quantitative estimate of drug-likeness (QED) is 0.473. The lowest BCUT2D eigenvalue weighted by molar-refractivity contribution is -0.137. The minimum Gasteiger partial charge on any atom is -0.303 e. The number of aryl methyl sites for hydroxylation is 1. The molecule has 0 aliphatic heterocycles. The highest BCUT2D eigenvalue weighted by atomic mass is 19.4. The fourth-order valence-electron chi connectivity index (χ4n) is 2.94. The summed E-state index contributed by atoms with van der Waals surface area (Å²) in [7, 11) is 0. The fourth-order valence-corrected chi connectivity index (χ4v) is 2.94. The maximum Gasteiger partial charge on any atom is 0.416 e. The zero-order valence-electron chi connectivity index (χ0n) is 14.4. The average Bonchev–Trinajstić information content (AvgIpc) is 2.44. The van der Waals surface area contributed by atoms with Crippen LogP contribution >= 0.6 is 0 Å². The van der Waals surface area contributed by atoms with Crippen LogP contribution in [0, 0.1) is 12.8 Å². The van der Waals surface area contributed by atoms with Gasteiger partial charge in [-0.05, 0) is 62.3 Å². The molecule has 1 nitrogen and oxygen atoms in total. The van der Waals surface area contributed by atoms with Crippen molar-refractivity contribution in [2.45, 2.75) is 59.1 Å². The zero-order chi connectivity index (χ0) is 17.8. The number of hydrogen-bond acceptors (Lipinski definition) is 1. The van der Waals surface area contributed by atoms with Gasteiger partial charge < -0.3 is 4.79 Å². The van der Waals surface area contributed by atoms with Gasteiger partial charge in [-0.25, -0.2) is 0 Å². The lowest BCUT2D eigenvalue weighted by atomic mass is 9.71. The van der Waals surface area contributed by atoms with E-state index in [4.69, 9.17) is 0 Å². The molecule has 0 heterocycles. The molecule has 0 fully saturated rings. The molecule has 0 amide bonds. The standard InChI is InChI=1S/C19H25F3O/c1-13(2)8-9-18(5,11-14(3)12-23)17-10-16(19(20,21)22)7-6-15(17)4/h6-8,10,12,14H,9,11H2,1-5H3. The van der Waals surface area contributed by atoms with Crippen LogP contribution in [0.15, 0.2) is 29.8 Å². The largest absolute Gasteiger partial charge is 0.416 e. The molecule has 2 unspecified atom stereocenters. The number of allylic oxidation sites excluding steroid dienone is 2. The zero-order valence-corrected chi connectivity index (χ0v) is 14.4. The molecule has 23 heavy (non-hydrogen) atoms. The smallest absolute Gasteiger partial charge is 0.303 e. The van der Waals surface area contributed by atoms with Gasteiger partial charge in [0.05, 0.1) is 5.56 Å². The molecule has 0 aromatic heterocycles. The molecule has 0 N–H and O–H groups in total. The summed E-state index contributed by atoms with van der Waals surface area (Å²) >= 11 is 0. The third kappa shape index (κ3) is 5.22. The van der Waals surface area contributed by atoms with E-state index in [1.165, 1.54) is 12.1 Å². The summed E-state index contributed by atoms with van der Waals surface area (Å²) in [5.41, 5.74) is 1.45. The van der Waals surface area contributed by atoms with Crippen LogP contribution in [0.1, 0.15) is 57.2 Å². The Labute approximate surface area is 136 Å². The van der Waals surface area contributed by atoms with Crippen LogP contribution in [0.4, 0.5) is 13.2 Å². The van der Waals surface area contributed by atoms with Crippen molar-refractivity contribution in [3.63, 3.8) is 0 Å². The summed E-state index contributed by atoms with van der Waals surface area (Å²) < 4.78 is 39.2. The maximum atomic E-state index is 13.1. The van der Waals surface area contributed by atoms with Crippen LogP contribution in [-0.2, 0) is 16.4 Å². The van der Waals surface area contributed by atoms with E-state index in [0.29, 0.717) is 18.4 Å². The molecule has 0 aliphatic carbocycles. The summed E-state index contributed by atoms with van der Waals surface area (Å²) in [5.74, 6) is -0.209. The Hall–Kier alpha value is -1.58. The van der Waals surface area contributed by atoms with Crippen molar-refractivity contribution < 1.29 is 18.0 Å². The van der Waals surface area contributed by atoms with Gasteiger partial charge in [0, 0.05) is 5.92 Å². The Balaban J connectivity index is 3.40. The molecule has 128 valence electrons. The Morgan fingerprint density at radius 2 is 1.87 bits per heavy atom. The second-order valence-corrected chi connectivity index (χ2v) is 6.89. The van der Waals surface area contributed by atoms with Crippen molar-refractivity contribution >= 4 is 6.29 Å². The molecule has 0 saturated heterocycles. The van der Waals surface area contributed by atoms with Crippen molar-refractivity contribution in [1.29, 1.82) is 0 Å². The van der Waals surface area contributed by atoms with Gasteiger partial charge >= 0.3 is 6.18 Å². The summed E-state index contributed by atoms with van der Waals surface area (Å²) in [6.07, 6.45) is -0.352. The van der Waals surface area contributed by atoms with Crippen LogP contribution in [0.2, 0.25) is 0 Å². The van der Waals surface area contributed by atoms with Crippen molar-refractivity contribution in [3.8, 4) is 0 Å². The molecule has 1 rings (SSSR count). The van der Waals surface area contributed by atoms with Gasteiger partial charge in [0.25, 0.3) is 0 Å². The highest BCUT2D eigenvalue weighted by Gasteiger charge is 2.34. The van der Waals surface area contributed by atoms with E-state index in [0.717, 1.165) is 23.5 Å². The Bertz CT molecular complexity index is 583. The van der Waals surface area contributed by atoms with Crippen LogP contribution in [0.5, 0.6) is 0 Å². The SMILES string of the molecule is CC(C)=CCC(C)(CC(C)C=O)c1cc(C(F)(F)F)ccc1C. The van der Waals surface area contributed by atoms with Crippen LogP contribution < -0.4 is 0 Å². The molecular weight excluding hydrogens is 301 g/mol. The number of benzene rings is 1. The molecule has 4 heteroatoms. The molecule has 2 atom stereocenters. The highest BCUT2D eigenvalue weighted by Crippen LogP contribution is 2.40. The van der Waals surface area contributed by atoms with Crippen LogP contribution in [0.3, 0.4) is 0 Å². The highest BCUT2D eigenvalue weighted by molar-refractivity contribution is 5.53. The predicted molar refractivity (Wildman–Crippen MR) is 87.4 cm³/mol. The van der Waals surface area contributed by atoms with Crippen molar-refractivity contribution in [2.75, 3.05) is 0 Å². The van der Waals surface area contributed by atoms with E-state index in [2.05, 4.69) is 0 Å². The minimum atomic E-state index is -4.36. The minimum absolute atomic E-state index is 0.209. The first kappa shape index (κ1) is 19.5. The summed E-state index contributed by atoms with van der Waals surface area (Å²) in [6, 6.07) is 3.87. The van der Waals surface area contributed by atoms with Gasteiger partial charge in [0.15, 0.2) is 0 Å². The van der Waals surface area contributed by atoms with Gasteiger partial charge in [0.2, 0.25) is 0 Å². The molecule has 0 bridgehead atoms. The lowest BCUT2D eigenvalue weighted by Crippen LogP contribution is -2.26. The maximum absolute atomic E-state index is 13.1. The second kappa shape index (κ2) is 7.33. The Morgan fingerprint density at radius 1 is 1.26 bits per heavy atom. The number of aldehydes is 1. The molecule has 0 radical (unpaired) electrons. The molecule has 1 aromatic carbocycles. The van der Waals surface area contributed by atoms with Crippen molar-refractivity contribution in [2.24, 2.45) is 5.92 Å². The van der Waals surface area contributed by atoms with E-state index in [-0.39, 0.29) is 5.92 Å². The third-order valence-corrected chi connectivity index (χ3v) is 4.18. The molecule has 1 aromatic rings. The van der Waals surface area contributed by atoms with Gasteiger partial charge in [-0.15, -0.1) is 0 Å². The van der Waals surface area contributed by atoms with Crippen LogP contribution in [0.25, 0.3) is 0 Å².